The summed E-state index contributed by atoms with van der Waals surface area (Å²) >= 11 is 0. The van der Waals surface area contributed by atoms with E-state index in [2.05, 4.69) is 5.32 Å². The molecule has 0 aliphatic rings. The van der Waals surface area contributed by atoms with Crippen LogP contribution < -0.4 is 10.1 Å². The molecule has 0 aromatic heterocycles. The molecule has 0 aliphatic carbocycles. The highest BCUT2D eigenvalue weighted by Gasteiger charge is 2.13. The Kier molecular flexibility index (Phi) is 4.88. The Morgan fingerprint density at radius 1 is 1.14 bits per heavy atom. The molecule has 2 aromatic rings. The van der Waals surface area contributed by atoms with Crippen LogP contribution in [0.15, 0.2) is 30.3 Å². The van der Waals surface area contributed by atoms with Crippen molar-refractivity contribution in [2.45, 2.75) is 26.0 Å². The van der Waals surface area contributed by atoms with Gasteiger partial charge in [0.2, 0.25) is 0 Å². The summed E-state index contributed by atoms with van der Waals surface area (Å²) in [6, 6.07) is 8.74. The first-order valence-electron chi connectivity index (χ1n) is 6.97. The lowest BCUT2D eigenvalue weighted by molar-refractivity contribution is 0.105. The Labute approximate surface area is 123 Å². The van der Waals surface area contributed by atoms with Gasteiger partial charge in [0.15, 0.2) is 11.5 Å². The first-order chi connectivity index (χ1) is 9.99. The van der Waals surface area contributed by atoms with Crippen LogP contribution >= 0.6 is 0 Å². The molecule has 5 nitrogen and oxygen atoms in total. The first-order valence-corrected chi connectivity index (χ1v) is 6.97. The van der Waals surface area contributed by atoms with E-state index < -0.39 is 6.10 Å². The number of phenols is 2. The van der Waals surface area contributed by atoms with Gasteiger partial charge in [-0.3, -0.25) is 0 Å². The van der Waals surface area contributed by atoms with E-state index in [1.165, 1.54) is 6.07 Å². The molecule has 0 radical (unpaired) electrons. The fraction of sp³-hybridized carbons (Fsp3) is 0.375. The van der Waals surface area contributed by atoms with Crippen LogP contribution in [0.3, 0.4) is 0 Å². The smallest absolute Gasteiger partial charge is 0.165 e. The van der Waals surface area contributed by atoms with E-state index in [0.29, 0.717) is 23.1 Å². The van der Waals surface area contributed by atoms with Gasteiger partial charge in [-0.15, -0.1) is 0 Å². The number of hydrogen-bond donors (Lipinski definition) is 4. The first kappa shape index (κ1) is 15.4. The quantitative estimate of drug-likeness (QED) is 0.612. The van der Waals surface area contributed by atoms with Crippen molar-refractivity contribution in [3.8, 4) is 17.2 Å². The number of rotatable bonds is 6. The molecular formula is C16H21NO4. The summed E-state index contributed by atoms with van der Waals surface area (Å²) in [7, 11) is 0. The number of hydrogen-bond acceptors (Lipinski definition) is 5. The van der Waals surface area contributed by atoms with Gasteiger partial charge in [0.05, 0.1) is 0 Å². The summed E-state index contributed by atoms with van der Waals surface area (Å²) in [5, 5.41) is 33.8. The van der Waals surface area contributed by atoms with E-state index >= 15 is 0 Å². The van der Waals surface area contributed by atoms with E-state index in [0.717, 1.165) is 0 Å². The zero-order valence-corrected chi connectivity index (χ0v) is 12.2. The van der Waals surface area contributed by atoms with Crippen molar-refractivity contribution in [1.82, 2.24) is 5.32 Å². The number of fused-ring (bicyclic) bond motifs is 1. The molecule has 0 saturated carbocycles. The highest BCUT2D eigenvalue weighted by atomic mass is 16.5. The predicted octanol–water partition coefficient (Wildman–Crippen LogP) is 1.99. The minimum atomic E-state index is -0.651. The van der Waals surface area contributed by atoms with E-state index in [1.54, 1.807) is 18.2 Å². The van der Waals surface area contributed by atoms with Crippen molar-refractivity contribution in [3.05, 3.63) is 30.3 Å². The number of aliphatic hydroxyl groups excluding tert-OH is 1. The highest BCUT2D eigenvalue weighted by Crippen LogP contribution is 2.39. The molecule has 0 spiro atoms. The Hall–Kier alpha value is -1.98. The second-order valence-electron chi connectivity index (χ2n) is 5.32. The number of aliphatic hydroxyl groups is 1. The number of benzene rings is 2. The lowest BCUT2D eigenvalue weighted by Gasteiger charge is -2.16. The van der Waals surface area contributed by atoms with Gasteiger partial charge < -0.3 is 25.4 Å². The molecule has 5 heteroatoms. The van der Waals surface area contributed by atoms with Crippen molar-refractivity contribution in [2.75, 3.05) is 13.2 Å². The standard InChI is InChI=1S/C16H21NO4/c1-10(2)17-8-11(18)9-21-15-7-14(19)16(20)13-6-4-3-5-12(13)15/h3-7,10-11,17-20H,8-9H2,1-2H3. The minimum Gasteiger partial charge on any atom is -0.504 e. The zero-order chi connectivity index (χ0) is 15.4. The fourth-order valence-corrected chi connectivity index (χ4v) is 2.05. The molecule has 0 aliphatic heterocycles. The molecule has 2 rings (SSSR count). The summed E-state index contributed by atoms with van der Waals surface area (Å²) in [5.74, 6) is 0.0305. The Morgan fingerprint density at radius 3 is 2.48 bits per heavy atom. The maximum absolute atomic E-state index is 9.86. The molecule has 0 saturated heterocycles. The lowest BCUT2D eigenvalue weighted by atomic mass is 10.1. The molecular weight excluding hydrogens is 270 g/mol. The molecule has 114 valence electrons. The minimum absolute atomic E-state index is 0.105. The summed E-state index contributed by atoms with van der Waals surface area (Å²) in [6.45, 7) is 4.53. The summed E-state index contributed by atoms with van der Waals surface area (Å²) in [4.78, 5) is 0. The number of phenolic OH excluding ortho intramolecular Hbond substituents is 2. The van der Waals surface area contributed by atoms with Crippen LogP contribution in [0.4, 0.5) is 0 Å². The van der Waals surface area contributed by atoms with E-state index in [-0.39, 0.29) is 24.1 Å². The molecule has 1 atom stereocenters. The molecule has 21 heavy (non-hydrogen) atoms. The van der Waals surface area contributed by atoms with Crippen LogP contribution in [0, 0.1) is 0 Å². The third kappa shape index (κ3) is 3.77. The van der Waals surface area contributed by atoms with Gasteiger partial charge in [-0.25, -0.2) is 0 Å². The fourth-order valence-electron chi connectivity index (χ4n) is 2.05. The van der Waals surface area contributed by atoms with Gasteiger partial charge in [0.25, 0.3) is 0 Å². The van der Waals surface area contributed by atoms with Crippen molar-refractivity contribution < 1.29 is 20.1 Å². The average molecular weight is 291 g/mol. The van der Waals surface area contributed by atoms with Gasteiger partial charge in [-0.1, -0.05) is 38.1 Å². The topological polar surface area (TPSA) is 82.0 Å². The van der Waals surface area contributed by atoms with Crippen LogP contribution in [0.5, 0.6) is 17.2 Å². The maximum Gasteiger partial charge on any atom is 0.165 e. The normalized spacial score (nSPS) is 12.8. The van der Waals surface area contributed by atoms with Crippen molar-refractivity contribution in [3.63, 3.8) is 0 Å². The second-order valence-corrected chi connectivity index (χ2v) is 5.32. The third-order valence-electron chi connectivity index (χ3n) is 3.15. The maximum atomic E-state index is 9.86. The monoisotopic (exact) mass is 291 g/mol. The summed E-state index contributed by atoms with van der Waals surface area (Å²) in [6.07, 6.45) is -0.651. The van der Waals surface area contributed by atoms with E-state index in [9.17, 15) is 15.3 Å². The zero-order valence-electron chi connectivity index (χ0n) is 12.2. The average Bonchev–Trinajstić information content (AvgIpc) is 2.47. The lowest BCUT2D eigenvalue weighted by Crippen LogP contribution is -2.35. The van der Waals surface area contributed by atoms with Gasteiger partial charge in [-0.05, 0) is 0 Å². The Balaban J connectivity index is 2.14. The molecule has 0 bridgehead atoms. The van der Waals surface area contributed by atoms with Crippen molar-refractivity contribution >= 4 is 10.8 Å². The van der Waals surface area contributed by atoms with Crippen molar-refractivity contribution in [2.24, 2.45) is 0 Å². The van der Waals surface area contributed by atoms with Crippen LogP contribution in [0.1, 0.15) is 13.8 Å². The molecule has 4 N–H and O–H groups in total. The van der Waals surface area contributed by atoms with Gasteiger partial charge in [-0.2, -0.15) is 0 Å². The van der Waals surface area contributed by atoms with Crippen molar-refractivity contribution in [1.29, 1.82) is 0 Å². The van der Waals surface area contributed by atoms with E-state index in [4.69, 9.17) is 4.74 Å². The SMILES string of the molecule is CC(C)NCC(O)COc1cc(O)c(O)c2ccccc12. The largest absolute Gasteiger partial charge is 0.504 e. The molecule has 2 aromatic carbocycles. The highest BCUT2D eigenvalue weighted by molar-refractivity contribution is 5.95. The molecule has 1 unspecified atom stereocenters. The van der Waals surface area contributed by atoms with E-state index in [1.807, 2.05) is 19.9 Å². The van der Waals surface area contributed by atoms with Crippen LogP contribution in [0.25, 0.3) is 10.8 Å². The summed E-state index contributed by atoms with van der Waals surface area (Å²) < 4.78 is 5.59. The Bertz CT molecular complexity index is 612. The van der Waals surface area contributed by atoms with Crippen LogP contribution in [0.2, 0.25) is 0 Å². The number of aromatic hydroxyl groups is 2. The van der Waals surface area contributed by atoms with Gasteiger partial charge in [0, 0.05) is 29.4 Å². The second kappa shape index (κ2) is 6.65. The Morgan fingerprint density at radius 2 is 1.81 bits per heavy atom. The van der Waals surface area contributed by atoms with Gasteiger partial charge in [0.1, 0.15) is 18.5 Å². The third-order valence-corrected chi connectivity index (χ3v) is 3.15. The summed E-state index contributed by atoms with van der Waals surface area (Å²) in [5.41, 5.74) is 0. The molecule has 0 heterocycles. The van der Waals surface area contributed by atoms with Gasteiger partial charge >= 0.3 is 0 Å². The number of nitrogens with one attached hydrogen (secondary N) is 1. The number of ether oxygens (including phenoxy) is 1. The van der Waals surface area contributed by atoms with Crippen LogP contribution in [-0.4, -0.2) is 40.6 Å². The molecule has 0 amide bonds. The molecule has 0 fully saturated rings. The predicted molar refractivity (Wildman–Crippen MR) is 81.9 cm³/mol. The van der Waals surface area contributed by atoms with Crippen LogP contribution in [-0.2, 0) is 0 Å².